The van der Waals surface area contributed by atoms with E-state index < -0.39 is 0 Å². The summed E-state index contributed by atoms with van der Waals surface area (Å²) in [7, 11) is 0. The maximum Gasteiger partial charge on any atom is 0.235 e. The molecule has 2 aromatic heterocycles. The van der Waals surface area contributed by atoms with E-state index in [1.807, 2.05) is 47.4 Å². The summed E-state index contributed by atoms with van der Waals surface area (Å²) in [6.45, 7) is 2.89. The monoisotopic (exact) mass is 306 g/mol. The van der Waals surface area contributed by atoms with Crippen LogP contribution in [-0.4, -0.2) is 26.5 Å². The molecule has 3 rings (SSSR count). The van der Waals surface area contributed by atoms with Gasteiger partial charge in [0.25, 0.3) is 0 Å². The lowest BCUT2D eigenvalue weighted by atomic mass is 10.2. The molecule has 0 aliphatic carbocycles. The van der Waals surface area contributed by atoms with E-state index in [1.165, 1.54) is 0 Å². The molecule has 2 heterocycles. The summed E-state index contributed by atoms with van der Waals surface area (Å²) in [6, 6.07) is 13.6. The van der Waals surface area contributed by atoms with E-state index in [2.05, 4.69) is 26.9 Å². The predicted molar refractivity (Wildman–Crippen MR) is 91.2 cm³/mol. The minimum absolute atomic E-state index is 0.212. The highest BCUT2D eigenvalue weighted by Gasteiger charge is 2.14. The average molecular weight is 306 g/mol. The van der Waals surface area contributed by atoms with E-state index >= 15 is 0 Å². The Labute approximate surface area is 135 Å². The van der Waals surface area contributed by atoms with Gasteiger partial charge < -0.3 is 10.6 Å². The largest absolute Gasteiger partial charge is 0.368 e. The molecule has 0 amide bonds. The number of aromatic nitrogens is 4. The van der Waals surface area contributed by atoms with Crippen LogP contribution in [0.1, 0.15) is 13.3 Å². The number of hydrogen-bond acceptors (Lipinski definition) is 6. The molecule has 0 fully saturated rings. The van der Waals surface area contributed by atoms with Gasteiger partial charge >= 0.3 is 0 Å². The van der Waals surface area contributed by atoms with Crippen molar-refractivity contribution in [3.63, 3.8) is 0 Å². The second-order valence-corrected chi connectivity index (χ2v) is 5.04. The molecule has 0 saturated heterocycles. The molecule has 0 aliphatic heterocycles. The Bertz CT molecular complexity index is 761. The van der Waals surface area contributed by atoms with Crippen LogP contribution in [0.3, 0.4) is 0 Å². The van der Waals surface area contributed by atoms with Gasteiger partial charge in [0.05, 0.1) is 0 Å². The Hall–Kier alpha value is -3.02. The van der Waals surface area contributed by atoms with Crippen LogP contribution in [0, 0.1) is 0 Å². The third kappa shape index (κ3) is 3.42. The lowest BCUT2D eigenvalue weighted by molar-refractivity contribution is 0.846. The van der Waals surface area contributed by atoms with Crippen molar-refractivity contribution >= 4 is 17.6 Å². The summed E-state index contributed by atoms with van der Waals surface area (Å²) in [5.74, 6) is 1.33. The summed E-state index contributed by atoms with van der Waals surface area (Å²) < 4.78 is 0. The highest BCUT2D eigenvalue weighted by Crippen LogP contribution is 2.24. The van der Waals surface area contributed by atoms with Crippen molar-refractivity contribution in [2.75, 3.05) is 17.2 Å². The number of anilines is 3. The third-order valence-electron chi connectivity index (χ3n) is 3.34. The Balaban J connectivity index is 2.05. The van der Waals surface area contributed by atoms with Crippen LogP contribution in [-0.2, 0) is 0 Å². The molecule has 6 nitrogen and oxygen atoms in total. The molecular weight excluding hydrogens is 288 g/mol. The molecule has 116 valence electrons. The third-order valence-corrected chi connectivity index (χ3v) is 3.34. The lowest BCUT2D eigenvalue weighted by Crippen LogP contribution is -2.21. The van der Waals surface area contributed by atoms with E-state index in [4.69, 9.17) is 5.73 Å². The van der Waals surface area contributed by atoms with E-state index in [0.717, 1.165) is 24.2 Å². The maximum absolute atomic E-state index is 5.91. The molecule has 0 bridgehead atoms. The van der Waals surface area contributed by atoms with Crippen molar-refractivity contribution in [2.24, 2.45) is 0 Å². The average Bonchev–Trinajstić information content (AvgIpc) is 2.60. The van der Waals surface area contributed by atoms with Crippen molar-refractivity contribution in [2.45, 2.75) is 13.3 Å². The molecule has 0 unspecified atom stereocenters. The Morgan fingerprint density at radius 3 is 2.39 bits per heavy atom. The smallest absolute Gasteiger partial charge is 0.235 e. The Morgan fingerprint density at radius 1 is 0.957 bits per heavy atom. The van der Waals surface area contributed by atoms with Gasteiger partial charge in [-0.1, -0.05) is 37.3 Å². The first-order chi connectivity index (χ1) is 11.3. The van der Waals surface area contributed by atoms with Gasteiger partial charge in [0, 0.05) is 30.2 Å². The molecule has 0 spiro atoms. The van der Waals surface area contributed by atoms with Crippen LogP contribution >= 0.6 is 0 Å². The van der Waals surface area contributed by atoms with Gasteiger partial charge in [-0.15, -0.1) is 0 Å². The van der Waals surface area contributed by atoms with Crippen LogP contribution in [0.4, 0.5) is 17.6 Å². The summed E-state index contributed by atoms with van der Waals surface area (Å²) >= 11 is 0. The number of pyridine rings is 1. The van der Waals surface area contributed by atoms with Gasteiger partial charge in [-0.05, 0) is 18.6 Å². The van der Waals surface area contributed by atoms with Crippen molar-refractivity contribution < 1.29 is 0 Å². The molecule has 2 N–H and O–H groups in total. The lowest BCUT2D eigenvalue weighted by Gasteiger charge is -2.22. The normalized spacial score (nSPS) is 10.5. The van der Waals surface area contributed by atoms with Gasteiger partial charge in [0.2, 0.25) is 11.9 Å². The number of nitrogens with two attached hydrogens (primary N) is 1. The van der Waals surface area contributed by atoms with Crippen LogP contribution in [0.25, 0.3) is 11.4 Å². The van der Waals surface area contributed by atoms with Crippen molar-refractivity contribution in [1.29, 1.82) is 0 Å². The number of rotatable bonds is 5. The first kappa shape index (κ1) is 14.9. The van der Waals surface area contributed by atoms with Crippen LogP contribution in [0.5, 0.6) is 0 Å². The van der Waals surface area contributed by atoms with Crippen LogP contribution < -0.4 is 10.6 Å². The molecule has 0 saturated carbocycles. The van der Waals surface area contributed by atoms with Crippen molar-refractivity contribution in [3.05, 3.63) is 54.9 Å². The fraction of sp³-hybridized carbons (Fsp3) is 0.176. The number of nitrogens with zero attached hydrogens (tertiary/aromatic N) is 5. The van der Waals surface area contributed by atoms with Crippen molar-refractivity contribution in [1.82, 2.24) is 19.9 Å². The van der Waals surface area contributed by atoms with Crippen LogP contribution in [0.15, 0.2) is 54.9 Å². The van der Waals surface area contributed by atoms with Gasteiger partial charge in [-0.3, -0.25) is 4.98 Å². The Kier molecular flexibility index (Phi) is 4.42. The Morgan fingerprint density at radius 2 is 1.70 bits per heavy atom. The fourth-order valence-electron chi connectivity index (χ4n) is 2.31. The SMILES string of the molecule is CCCN(c1ccncc1)c1nc(N)nc(-c2ccccc2)n1. The molecule has 6 heteroatoms. The first-order valence-corrected chi connectivity index (χ1v) is 7.52. The molecule has 23 heavy (non-hydrogen) atoms. The molecule has 0 atom stereocenters. The summed E-state index contributed by atoms with van der Waals surface area (Å²) in [6.07, 6.45) is 4.45. The first-order valence-electron chi connectivity index (χ1n) is 7.52. The van der Waals surface area contributed by atoms with Gasteiger partial charge in [0.15, 0.2) is 5.82 Å². The molecule has 0 radical (unpaired) electrons. The maximum atomic E-state index is 5.91. The van der Waals surface area contributed by atoms with Gasteiger partial charge in [-0.2, -0.15) is 15.0 Å². The number of hydrogen-bond donors (Lipinski definition) is 1. The quantitative estimate of drug-likeness (QED) is 0.780. The molecule has 0 aliphatic rings. The van der Waals surface area contributed by atoms with E-state index in [9.17, 15) is 0 Å². The van der Waals surface area contributed by atoms with Gasteiger partial charge in [-0.25, -0.2) is 0 Å². The summed E-state index contributed by atoms with van der Waals surface area (Å²) in [5, 5.41) is 0. The second-order valence-electron chi connectivity index (χ2n) is 5.04. The van der Waals surface area contributed by atoms with Crippen molar-refractivity contribution in [3.8, 4) is 11.4 Å². The zero-order valence-electron chi connectivity index (χ0n) is 12.9. The fourth-order valence-corrected chi connectivity index (χ4v) is 2.31. The minimum atomic E-state index is 0.212. The summed E-state index contributed by atoms with van der Waals surface area (Å²) in [4.78, 5) is 19.3. The highest BCUT2D eigenvalue weighted by molar-refractivity contribution is 5.62. The number of benzene rings is 1. The molecule has 1 aromatic carbocycles. The predicted octanol–water partition coefficient (Wildman–Crippen LogP) is 3.06. The number of nitrogen functional groups attached to an aromatic ring is 1. The highest BCUT2D eigenvalue weighted by atomic mass is 15.3. The minimum Gasteiger partial charge on any atom is -0.368 e. The molecular formula is C17H18N6. The molecule has 3 aromatic rings. The summed E-state index contributed by atoms with van der Waals surface area (Å²) in [5.41, 5.74) is 7.80. The van der Waals surface area contributed by atoms with E-state index in [-0.39, 0.29) is 5.95 Å². The van der Waals surface area contributed by atoms with E-state index in [1.54, 1.807) is 12.4 Å². The topological polar surface area (TPSA) is 80.8 Å². The van der Waals surface area contributed by atoms with Gasteiger partial charge in [0.1, 0.15) is 0 Å². The second kappa shape index (κ2) is 6.83. The zero-order chi connectivity index (χ0) is 16.1. The zero-order valence-corrected chi connectivity index (χ0v) is 12.9. The van der Waals surface area contributed by atoms with E-state index in [0.29, 0.717) is 11.8 Å². The van der Waals surface area contributed by atoms with Crippen LogP contribution in [0.2, 0.25) is 0 Å². The standard InChI is InChI=1S/C17H18N6/c1-2-12-23(14-8-10-19-11-9-14)17-21-15(20-16(18)22-17)13-6-4-3-5-7-13/h3-11H,2,12H2,1H3,(H2,18,20,21,22).